The number of benzene rings is 3. The number of nitrogens with zero attached hydrogens (tertiary/aromatic N) is 1. The molecule has 5 heteroatoms. The maximum absolute atomic E-state index is 13.4. The van der Waals surface area contributed by atoms with Crippen LogP contribution in [0.2, 0.25) is 0 Å². The van der Waals surface area contributed by atoms with Crippen LogP contribution in [0.4, 0.5) is 14.9 Å². The lowest BCUT2D eigenvalue weighted by molar-refractivity contribution is 0.158. The summed E-state index contributed by atoms with van der Waals surface area (Å²) in [5.74, 6) is -0.603. The van der Waals surface area contributed by atoms with E-state index in [4.69, 9.17) is 10.00 Å². The van der Waals surface area contributed by atoms with Crippen molar-refractivity contribution in [2.24, 2.45) is 0 Å². The van der Waals surface area contributed by atoms with Crippen molar-refractivity contribution in [2.75, 3.05) is 11.9 Å². The van der Waals surface area contributed by atoms with Crippen LogP contribution < -0.4 is 5.32 Å². The topological polar surface area (TPSA) is 62.1 Å². The number of halogens is 1. The lowest BCUT2D eigenvalue weighted by Crippen LogP contribution is -2.18. The molecule has 132 valence electrons. The Hall–Kier alpha value is -3.65. The Labute approximate surface area is 155 Å². The molecule has 0 aliphatic heterocycles. The minimum Gasteiger partial charge on any atom is -0.448 e. The summed E-state index contributed by atoms with van der Waals surface area (Å²) in [6.07, 6.45) is -0.723. The Bertz CT molecular complexity index is 1030. The summed E-state index contributed by atoms with van der Waals surface area (Å²) in [7, 11) is 0. The van der Waals surface area contributed by atoms with E-state index in [0.717, 1.165) is 28.3 Å². The number of ether oxygens (including phenoxy) is 1. The molecule has 0 atom stereocenters. The van der Waals surface area contributed by atoms with Gasteiger partial charge in [0.15, 0.2) is 0 Å². The van der Waals surface area contributed by atoms with Gasteiger partial charge in [0.1, 0.15) is 18.5 Å². The second-order valence-electron chi connectivity index (χ2n) is 6.25. The number of nitriles is 1. The molecule has 4 rings (SSSR count). The summed E-state index contributed by atoms with van der Waals surface area (Å²) in [5.41, 5.74) is 4.75. The highest BCUT2D eigenvalue weighted by Gasteiger charge is 2.29. The predicted octanol–water partition coefficient (Wildman–Crippen LogP) is 5.06. The summed E-state index contributed by atoms with van der Waals surface area (Å²) >= 11 is 0. The fourth-order valence-electron chi connectivity index (χ4n) is 3.46. The summed E-state index contributed by atoms with van der Waals surface area (Å²) in [5, 5.41) is 11.5. The maximum atomic E-state index is 13.4. The molecule has 0 spiro atoms. The van der Waals surface area contributed by atoms with Crippen LogP contribution in [0, 0.1) is 17.1 Å². The number of hydrogen-bond donors (Lipinski definition) is 1. The molecule has 1 aliphatic carbocycles. The third-order valence-corrected chi connectivity index (χ3v) is 4.68. The van der Waals surface area contributed by atoms with Crippen molar-refractivity contribution in [1.82, 2.24) is 0 Å². The van der Waals surface area contributed by atoms with Crippen molar-refractivity contribution in [3.05, 3.63) is 89.2 Å². The number of rotatable bonds is 3. The summed E-state index contributed by atoms with van der Waals surface area (Å²) in [4.78, 5) is 12.2. The first-order valence-electron chi connectivity index (χ1n) is 8.49. The Kier molecular flexibility index (Phi) is 4.31. The molecule has 3 aromatic carbocycles. The van der Waals surface area contributed by atoms with Gasteiger partial charge < -0.3 is 4.74 Å². The smallest absolute Gasteiger partial charge is 0.411 e. The van der Waals surface area contributed by atoms with E-state index in [1.165, 1.54) is 12.1 Å². The standard InChI is InChI=1S/C22H15FN2O2/c23-15-10-9-14(12-24)21(11-15)25-22(26)27-13-20-18-7-3-1-5-16(18)17-6-2-4-8-19(17)20/h1-11,20H,13H2,(H,25,26). The van der Waals surface area contributed by atoms with Crippen LogP contribution in [-0.2, 0) is 4.74 Å². The van der Waals surface area contributed by atoms with Crippen LogP contribution >= 0.6 is 0 Å². The molecule has 0 aromatic heterocycles. The van der Waals surface area contributed by atoms with Gasteiger partial charge >= 0.3 is 6.09 Å². The number of fused-ring (bicyclic) bond motifs is 3. The van der Waals surface area contributed by atoms with E-state index in [9.17, 15) is 9.18 Å². The monoisotopic (exact) mass is 358 g/mol. The summed E-state index contributed by atoms with van der Waals surface area (Å²) < 4.78 is 18.8. The number of carbonyl (C=O) groups excluding carboxylic acids is 1. The van der Waals surface area contributed by atoms with Crippen LogP contribution in [0.1, 0.15) is 22.6 Å². The normalized spacial score (nSPS) is 12.0. The van der Waals surface area contributed by atoms with Gasteiger partial charge in [0.2, 0.25) is 0 Å². The first kappa shape index (κ1) is 16.8. The zero-order valence-corrected chi connectivity index (χ0v) is 14.3. The first-order chi connectivity index (χ1) is 13.2. The lowest BCUT2D eigenvalue weighted by atomic mass is 9.98. The van der Waals surface area contributed by atoms with Crippen LogP contribution in [0.5, 0.6) is 0 Å². The third-order valence-electron chi connectivity index (χ3n) is 4.68. The second-order valence-corrected chi connectivity index (χ2v) is 6.25. The molecule has 0 heterocycles. The number of carbonyl (C=O) groups is 1. The Morgan fingerprint density at radius 1 is 1.04 bits per heavy atom. The molecule has 4 nitrogen and oxygen atoms in total. The van der Waals surface area contributed by atoms with Gasteiger partial charge in [-0.15, -0.1) is 0 Å². The highest BCUT2D eigenvalue weighted by Crippen LogP contribution is 2.44. The molecular weight excluding hydrogens is 343 g/mol. The van der Waals surface area contributed by atoms with Crippen molar-refractivity contribution < 1.29 is 13.9 Å². The molecule has 27 heavy (non-hydrogen) atoms. The maximum Gasteiger partial charge on any atom is 0.411 e. The SMILES string of the molecule is N#Cc1ccc(F)cc1NC(=O)OCC1c2ccccc2-c2ccccc21. The van der Waals surface area contributed by atoms with E-state index in [1.807, 2.05) is 42.5 Å². The number of hydrogen-bond acceptors (Lipinski definition) is 3. The fraction of sp³-hybridized carbons (Fsp3) is 0.0909. The minimum atomic E-state index is -0.723. The number of nitrogens with one attached hydrogen (secondary N) is 1. The third kappa shape index (κ3) is 3.13. The van der Waals surface area contributed by atoms with Crippen molar-refractivity contribution in [1.29, 1.82) is 5.26 Å². The zero-order chi connectivity index (χ0) is 18.8. The van der Waals surface area contributed by atoms with Crippen LogP contribution in [0.3, 0.4) is 0 Å². The van der Waals surface area contributed by atoms with Crippen molar-refractivity contribution >= 4 is 11.8 Å². The first-order valence-corrected chi connectivity index (χ1v) is 8.49. The average molecular weight is 358 g/mol. The molecular formula is C22H15FN2O2. The van der Waals surface area contributed by atoms with E-state index in [-0.39, 0.29) is 23.8 Å². The summed E-state index contributed by atoms with van der Waals surface area (Å²) in [6, 6.07) is 21.6. The number of amides is 1. The Morgan fingerprint density at radius 3 is 2.30 bits per heavy atom. The molecule has 0 saturated heterocycles. The molecule has 0 bridgehead atoms. The number of anilines is 1. The van der Waals surface area contributed by atoms with Gasteiger partial charge in [-0.05, 0) is 40.5 Å². The predicted molar refractivity (Wildman–Crippen MR) is 99.8 cm³/mol. The highest BCUT2D eigenvalue weighted by atomic mass is 19.1. The molecule has 0 saturated carbocycles. The zero-order valence-electron chi connectivity index (χ0n) is 14.3. The molecule has 0 radical (unpaired) electrons. The van der Waals surface area contributed by atoms with Gasteiger partial charge in [-0.3, -0.25) is 5.32 Å². The van der Waals surface area contributed by atoms with Crippen molar-refractivity contribution in [3.63, 3.8) is 0 Å². The van der Waals surface area contributed by atoms with Gasteiger partial charge in [-0.25, -0.2) is 9.18 Å². The Morgan fingerprint density at radius 2 is 1.67 bits per heavy atom. The molecule has 1 aliphatic rings. The van der Waals surface area contributed by atoms with Crippen LogP contribution in [0.15, 0.2) is 66.7 Å². The van der Waals surface area contributed by atoms with Crippen molar-refractivity contribution in [2.45, 2.75) is 5.92 Å². The van der Waals surface area contributed by atoms with Crippen molar-refractivity contribution in [3.8, 4) is 17.2 Å². The van der Waals surface area contributed by atoms with Crippen LogP contribution in [0.25, 0.3) is 11.1 Å². The molecule has 0 fully saturated rings. The highest BCUT2D eigenvalue weighted by molar-refractivity contribution is 5.87. The van der Waals surface area contributed by atoms with Gasteiger partial charge in [-0.1, -0.05) is 48.5 Å². The van der Waals surface area contributed by atoms with E-state index in [1.54, 1.807) is 0 Å². The molecule has 0 unspecified atom stereocenters. The quantitative estimate of drug-likeness (QED) is 0.712. The summed E-state index contributed by atoms with van der Waals surface area (Å²) in [6.45, 7) is 0.150. The molecule has 1 N–H and O–H groups in total. The van der Waals surface area contributed by atoms with Gasteiger partial charge in [-0.2, -0.15) is 5.26 Å². The molecule has 1 amide bonds. The van der Waals surface area contributed by atoms with Gasteiger partial charge in [0.05, 0.1) is 11.3 Å². The second kappa shape index (κ2) is 6.93. The fourth-order valence-corrected chi connectivity index (χ4v) is 3.46. The van der Waals surface area contributed by atoms with E-state index in [0.29, 0.717) is 0 Å². The van der Waals surface area contributed by atoms with E-state index in [2.05, 4.69) is 17.4 Å². The van der Waals surface area contributed by atoms with Gasteiger partial charge in [0.25, 0.3) is 0 Å². The average Bonchev–Trinajstić information content (AvgIpc) is 3.00. The van der Waals surface area contributed by atoms with E-state index < -0.39 is 11.9 Å². The lowest BCUT2D eigenvalue weighted by Gasteiger charge is -2.15. The van der Waals surface area contributed by atoms with Crippen LogP contribution in [-0.4, -0.2) is 12.7 Å². The molecule has 3 aromatic rings. The Balaban J connectivity index is 1.52. The van der Waals surface area contributed by atoms with Gasteiger partial charge in [0, 0.05) is 5.92 Å². The van der Waals surface area contributed by atoms with E-state index >= 15 is 0 Å². The largest absolute Gasteiger partial charge is 0.448 e. The minimum absolute atomic E-state index is 0.0638.